The van der Waals surface area contributed by atoms with E-state index in [1.807, 2.05) is 0 Å². The Morgan fingerprint density at radius 3 is 2.00 bits per heavy atom. The lowest BCUT2D eigenvalue weighted by molar-refractivity contribution is -0.117. The van der Waals surface area contributed by atoms with Crippen LogP contribution >= 0.6 is 0 Å². The third-order valence-corrected chi connectivity index (χ3v) is 2.16. The van der Waals surface area contributed by atoms with E-state index in [-0.39, 0.29) is 5.91 Å². The van der Waals surface area contributed by atoms with Crippen molar-refractivity contribution in [3.05, 3.63) is 23.8 Å². The summed E-state index contributed by atoms with van der Waals surface area (Å²) in [5, 5.41) is 2.80. The van der Waals surface area contributed by atoms with Crippen LogP contribution in [-0.4, -0.2) is 18.5 Å². The summed E-state index contributed by atoms with van der Waals surface area (Å²) in [6.45, 7) is 10.3. The molecule has 0 bridgehead atoms. The van der Waals surface area contributed by atoms with E-state index < -0.39 is 6.03 Å². The molecule has 0 aromatic heterocycles. The fraction of sp³-hybridized carbons (Fsp3) is 0.538. The summed E-state index contributed by atoms with van der Waals surface area (Å²) in [5.41, 5.74) is 10.5. The summed E-state index contributed by atoms with van der Waals surface area (Å²) in [4.78, 5) is 20.1. The first kappa shape index (κ1) is 18.6. The predicted octanol–water partition coefficient (Wildman–Crippen LogP) is 1.84. The van der Waals surface area contributed by atoms with Gasteiger partial charge in [0.05, 0.1) is 0 Å². The Hall–Kier alpha value is -1.78. The Morgan fingerprint density at radius 2 is 1.67 bits per heavy atom. The highest BCUT2D eigenvalue weighted by atomic mass is 16.2. The van der Waals surface area contributed by atoms with Crippen LogP contribution in [-0.2, 0) is 4.79 Å². The normalized spacial score (nSPS) is 8.61. The van der Waals surface area contributed by atoms with Crippen molar-refractivity contribution in [3.8, 4) is 0 Å². The molecule has 0 unspecified atom stereocenters. The third kappa shape index (κ3) is 14.2. The summed E-state index contributed by atoms with van der Waals surface area (Å²) in [6, 6.07) is -0.833. The SMILES string of the molecule is C=C(C)C(=O)NCCC=C(CC)CC.NC(N)=O. The first-order valence-electron chi connectivity index (χ1n) is 6.01. The Morgan fingerprint density at radius 1 is 1.22 bits per heavy atom. The maximum atomic E-state index is 11.1. The van der Waals surface area contributed by atoms with E-state index in [1.165, 1.54) is 5.57 Å². The van der Waals surface area contributed by atoms with Crippen LogP contribution in [0.25, 0.3) is 0 Å². The predicted molar refractivity (Wildman–Crippen MR) is 74.9 cm³/mol. The first-order chi connectivity index (χ1) is 8.34. The zero-order valence-corrected chi connectivity index (χ0v) is 11.6. The van der Waals surface area contributed by atoms with Gasteiger partial charge in [0.15, 0.2) is 0 Å². The van der Waals surface area contributed by atoms with Crippen LogP contribution in [0.15, 0.2) is 23.8 Å². The largest absolute Gasteiger partial charge is 0.352 e. The number of hydrogen-bond acceptors (Lipinski definition) is 2. The number of hydrogen-bond donors (Lipinski definition) is 3. The summed E-state index contributed by atoms with van der Waals surface area (Å²) in [7, 11) is 0. The lowest BCUT2D eigenvalue weighted by Crippen LogP contribution is -2.24. The molecule has 0 heterocycles. The first-order valence-corrected chi connectivity index (χ1v) is 6.01. The molecule has 0 aliphatic heterocycles. The van der Waals surface area contributed by atoms with Crippen LogP contribution in [0.3, 0.4) is 0 Å². The zero-order valence-electron chi connectivity index (χ0n) is 11.6. The quantitative estimate of drug-likeness (QED) is 0.383. The molecule has 0 radical (unpaired) electrons. The minimum Gasteiger partial charge on any atom is -0.352 e. The molecule has 5 N–H and O–H groups in total. The Labute approximate surface area is 109 Å². The molecule has 18 heavy (non-hydrogen) atoms. The van der Waals surface area contributed by atoms with Gasteiger partial charge in [0.1, 0.15) is 0 Å². The number of nitrogens with one attached hydrogen (secondary N) is 1. The number of nitrogens with two attached hydrogens (primary N) is 2. The Kier molecular flexibility index (Phi) is 12.1. The second kappa shape index (κ2) is 11.7. The van der Waals surface area contributed by atoms with Gasteiger partial charge in [-0.2, -0.15) is 0 Å². The molecule has 0 aliphatic carbocycles. The smallest absolute Gasteiger partial charge is 0.309 e. The van der Waals surface area contributed by atoms with Gasteiger partial charge in [0.25, 0.3) is 0 Å². The second-order valence-electron chi connectivity index (χ2n) is 3.80. The van der Waals surface area contributed by atoms with Crippen molar-refractivity contribution in [3.63, 3.8) is 0 Å². The fourth-order valence-electron chi connectivity index (χ4n) is 1.15. The lowest BCUT2D eigenvalue weighted by Gasteiger charge is -2.03. The number of rotatable bonds is 6. The lowest BCUT2D eigenvalue weighted by atomic mass is 10.1. The number of carbonyl (C=O) groups excluding carboxylic acids is 2. The molecular formula is C13H25N3O2. The molecule has 5 heteroatoms. The zero-order chi connectivity index (χ0) is 14.6. The van der Waals surface area contributed by atoms with Gasteiger partial charge in [-0.3, -0.25) is 4.79 Å². The van der Waals surface area contributed by atoms with E-state index in [1.54, 1.807) is 6.92 Å². The van der Waals surface area contributed by atoms with Gasteiger partial charge in [0.2, 0.25) is 5.91 Å². The van der Waals surface area contributed by atoms with Crippen molar-refractivity contribution in [2.24, 2.45) is 11.5 Å². The number of carbonyl (C=O) groups is 2. The average Bonchev–Trinajstić information content (AvgIpc) is 2.28. The summed E-state index contributed by atoms with van der Waals surface area (Å²) in [5.74, 6) is -0.0482. The summed E-state index contributed by atoms with van der Waals surface area (Å²) >= 11 is 0. The Balaban J connectivity index is 0. The van der Waals surface area contributed by atoms with Gasteiger partial charge in [-0.05, 0) is 26.2 Å². The summed E-state index contributed by atoms with van der Waals surface area (Å²) < 4.78 is 0. The van der Waals surface area contributed by atoms with Crippen LogP contribution in [0.2, 0.25) is 0 Å². The molecule has 0 aliphatic rings. The minimum atomic E-state index is -0.833. The Bertz CT molecular complexity index is 299. The van der Waals surface area contributed by atoms with E-state index in [0.29, 0.717) is 12.1 Å². The fourth-order valence-corrected chi connectivity index (χ4v) is 1.15. The molecular weight excluding hydrogens is 230 g/mol. The average molecular weight is 255 g/mol. The van der Waals surface area contributed by atoms with Crippen LogP contribution in [0.1, 0.15) is 40.0 Å². The van der Waals surface area contributed by atoms with Crippen molar-refractivity contribution in [1.29, 1.82) is 0 Å². The highest BCUT2D eigenvalue weighted by Gasteiger charge is 1.98. The van der Waals surface area contributed by atoms with Crippen LogP contribution in [0.4, 0.5) is 4.79 Å². The van der Waals surface area contributed by atoms with Crippen LogP contribution in [0, 0.1) is 0 Å². The van der Waals surface area contributed by atoms with Gasteiger partial charge in [0, 0.05) is 12.1 Å². The monoisotopic (exact) mass is 255 g/mol. The standard InChI is InChI=1S/C12H21NO.CH4N2O/c1-5-11(6-2)8-7-9-13-12(14)10(3)4;2-1(3)4/h8H,3,5-7,9H2,1-2,4H3,(H,13,14);(H4,2,3,4). The van der Waals surface area contributed by atoms with Gasteiger partial charge in [-0.15, -0.1) is 0 Å². The van der Waals surface area contributed by atoms with Crippen molar-refractivity contribution >= 4 is 11.9 Å². The molecule has 0 saturated heterocycles. The molecule has 0 spiro atoms. The van der Waals surface area contributed by atoms with Crippen molar-refractivity contribution in [2.45, 2.75) is 40.0 Å². The highest BCUT2D eigenvalue weighted by molar-refractivity contribution is 5.92. The number of amides is 3. The molecule has 5 nitrogen and oxygen atoms in total. The van der Waals surface area contributed by atoms with Crippen molar-refractivity contribution < 1.29 is 9.59 Å². The van der Waals surface area contributed by atoms with Gasteiger partial charge in [-0.1, -0.05) is 32.1 Å². The van der Waals surface area contributed by atoms with E-state index in [2.05, 4.69) is 43.3 Å². The molecule has 0 fully saturated rings. The van der Waals surface area contributed by atoms with Gasteiger partial charge in [-0.25, -0.2) is 4.79 Å². The molecule has 3 amide bonds. The third-order valence-electron chi connectivity index (χ3n) is 2.16. The maximum Gasteiger partial charge on any atom is 0.309 e. The van der Waals surface area contributed by atoms with Gasteiger partial charge < -0.3 is 16.8 Å². The molecule has 0 rings (SSSR count). The van der Waals surface area contributed by atoms with Crippen molar-refractivity contribution in [1.82, 2.24) is 5.32 Å². The molecule has 0 aromatic carbocycles. The minimum absolute atomic E-state index is 0.0482. The van der Waals surface area contributed by atoms with E-state index in [0.717, 1.165) is 19.3 Å². The van der Waals surface area contributed by atoms with Crippen molar-refractivity contribution in [2.75, 3.05) is 6.54 Å². The van der Waals surface area contributed by atoms with Crippen LogP contribution in [0.5, 0.6) is 0 Å². The number of primary amides is 2. The van der Waals surface area contributed by atoms with E-state index >= 15 is 0 Å². The molecule has 0 saturated carbocycles. The molecule has 104 valence electrons. The second-order valence-corrected chi connectivity index (χ2v) is 3.80. The van der Waals surface area contributed by atoms with E-state index in [4.69, 9.17) is 4.79 Å². The molecule has 0 atom stereocenters. The molecule has 0 aromatic rings. The number of urea groups is 1. The van der Waals surface area contributed by atoms with Gasteiger partial charge >= 0.3 is 6.03 Å². The summed E-state index contributed by atoms with van der Waals surface area (Å²) in [6.07, 6.45) is 5.32. The number of allylic oxidation sites excluding steroid dienone is 1. The topological polar surface area (TPSA) is 98.2 Å². The van der Waals surface area contributed by atoms with E-state index in [9.17, 15) is 4.79 Å². The highest BCUT2D eigenvalue weighted by Crippen LogP contribution is 2.05. The van der Waals surface area contributed by atoms with Crippen LogP contribution < -0.4 is 16.8 Å². The maximum absolute atomic E-state index is 11.1.